The molecule has 1 saturated heterocycles. The standard InChI is InChI=1S/C19H30N2O4S2/c1-19(11-14-26(22,23)15-19)20-12-13-21-27(24,25)18-9-7-17(8-10-18)16-5-3-2-4-6-16/h7-10,16,20-21H,2-6,11-15H2,1H3/t19-/m1/s1. The van der Waals surface area contributed by atoms with Crippen LogP contribution in [0.2, 0.25) is 0 Å². The van der Waals surface area contributed by atoms with Crippen molar-refractivity contribution in [2.45, 2.75) is 61.8 Å². The maximum Gasteiger partial charge on any atom is 0.240 e. The highest BCUT2D eigenvalue weighted by Crippen LogP contribution is 2.32. The molecule has 152 valence electrons. The summed E-state index contributed by atoms with van der Waals surface area (Å²) in [5.41, 5.74) is 0.761. The molecule has 0 unspecified atom stereocenters. The third-order valence-electron chi connectivity index (χ3n) is 5.74. The van der Waals surface area contributed by atoms with E-state index in [1.807, 2.05) is 19.1 Å². The third kappa shape index (κ3) is 5.53. The lowest BCUT2D eigenvalue weighted by molar-refractivity contribution is 0.400. The molecule has 1 atom stereocenters. The number of sulfonamides is 1. The van der Waals surface area contributed by atoms with Crippen LogP contribution in [0.1, 0.15) is 56.9 Å². The lowest BCUT2D eigenvalue weighted by atomic mass is 9.84. The Balaban J connectivity index is 1.51. The molecule has 2 N–H and O–H groups in total. The predicted octanol–water partition coefficient (Wildman–Crippen LogP) is 2.18. The van der Waals surface area contributed by atoms with Crippen LogP contribution < -0.4 is 10.0 Å². The molecule has 1 heterocycles. The number of rotatable bonds is 7. The van der Waals surface area contributed by atoms with E-state index in [1.54, 1.807) is 12.1 Å². The minimum absolute atomic E-state index is 0.107. The largest absolute Gasteiger partial charge is 0.309 e. The highest BCUT2D eigenvalue weighted by atomic mass is 32.2. The van der Waals surface area contributed by atoms with Gasteiger partial charge in [0.2, 0.25) is 10.0 Å². The van der Waals surface area contributed by atoms with Crippen molar-refractivity contribution in [3.05, 3.63) is 29.8 Å². The first-order valence-corrected chi connectivity index (χ1v) is 13.0. The van der Waals surface area contributed by atoms with Crippen molar-refractivity contribution in [3.63, 3.8) is 0 Å². The van der Waals surface area contributed by atoms with E-state index in [9.17, 15) is 16.8 Å². The summed E-state index contributed by atoms with van der Waals surface area (Å²) in [6.07, 6.45) is 6.73. The summed E-state index contributed by atoms with van der Waals surface area (Å²) >= 11 is 0. The molecule has 2 aliphatic rings. The fraction of sp³-hybridized carbons (Fsp3) is 0.684. The van der Waals surface area contributed by atoms with Gasteiger partial charge in [0.25, 0.3) is 0 Å². The van der Waals surface area contributed by atoms with Gasteiger partial charge in [0, 0.05) is 18.6 Å². The molecule has 1 aliphatic heterocycles. The zero-order valence-electron chi connectivity index (χ0n) is 15.9. The van der Waals surface area contributed by atoms with Crippen LogP contribution in [0.15, 0.2) is 29.2 Å². The Kier molecular flexibility index (Phi) is 6.30. The Morgan fingerprint density at radius 3 is 2.33 bits per heavy atom. The monoisotopic (exact) mass is 414 g/mol. The molecule has 0 amide bonds. The number of sulfone groups is 1. The maximum atomic E-state index is 12.5. The fourth-order valence-electron chi connectivity index (χ4n) is 4.14. The second kappa shape index (κ2) is 8.19. The van der Waals surface area contributed by atoms with E-state index in [4.69, 9.17) is 0 Å². The van der Waals surface area contributed by atoms with E-state index < -0.39 is 25.4 Å². The molecule has 8 heteroatoms. The highest BCUT2D eigenvalue weighted by molar-refractivity contribution is 7.91. The molecule has 1 aromatic carbocycles. The van der Waals surface area contributed by atoms with Gasteiger partial charge in [0.05, 0.1) is 16.4 Å². The number of benzene rings is 1. The Labute approximate surface area is 163 Å². The molecule has 1 aromatic rings. The van der Waals surface area contributed by atoms with Crippen LogP contribution >= 0.6 is 0 Å². The van der Waals surface area contributed by atoms with Gasteiger partial charge in [-0.05, 0) is 49.8 Å². The second-order valence-electron chi connectivity index (χ2n) is 8.13. The summed E-state index contributed by atoms with van der Waals surface area (Å²) in [5.74, 6) is 0.849. The van der Waals surface area contributed by atoms with E-state index in [1.165, 1.54) is 37.7 Å². The molecular weight excluding hydrogens is 384 g/mol. The van der Waals surface area contributed by atoms with E-state index in [-0.39, 0.29) is 22.9 Å². The average Bonchev–Trinajstić information content (AvgIpc) is 2.93. The van der Waals surface area contributed by atoms with Crippen LogP contribution in [0.5, 0.6) is 0 Å². The van der Waals surface area contributed by atoms with Crippen LogP contribution in [0, 0.1) is 0 Å². The zero-order chi connectivity index (χ0) is 19.5. The second-order valence-corrected chi connectivity index (χ2v) is 12.1. The number of hydrogen-bond acceptors (Lipinski definition) is 5. The minimum Gasteiger partial charge on any atom is -0.309 e. The van der Waals surface area contributed by atoms with Gasteiger partial charge >= 0.3 is 0 Å². The lowest BCUT2D eigenvalue weighted by Crippen LogP contribution is -2.46. The van der Waals surface area contributed by atoms with E-state index in [0.717, 1.165) is 0 Å². The SMILES string of the molecule is C[C@@]1(NCCNS(=O)(=O)c2ccc(C3CCCCC3)cc2)CCS(=O)(=O)C1. The Morgan fingerprint density at radius 2 is 1.74 bits per heavy atom. The molecule has 1 saturated carbocycles. The summed E-state index contributed by atoms with van der Waals surface area (Å²) in [4.78, 5) is 0.275. The average molecular weight is 415 g/mol. The normalized spacial score (nSPS) is 26.3. The molecule has 27 heavy (non-hydrogen) atoms. The molecule has 0 spiro atoms. The molecule has 0 aromatic heterocycles. The van der Waals surface area contributed by atoms with E-state index >= 15 is 0 Å². The van der Waals surface area contributed by atoms with Gasteiger partial charge in [0.1, 0.15) is 0 Å². The van der Waals surface area contributed by atoms with Crippen LogP contribution in [0.4, 0.5) is 0 Å². The molecule has 2 fully saturated rings. The van der Waals surface area contributed by atoms with Crippen LogP contribution in [-0.4, -0.2) is 47.0 Å². The van der Waals surface area contributed by atoms with Crippen molar-refractivity contribution >= 4 is 19.9 Å². The Morgan fingerprint density at radius 1 is 1.07 bits per heavy atom. The lowest BCUT2D eigenvalue weighted by Gasteiger charge is -2.24. The first-order chi connectivity index (χ1) is 12.7. The third-order valence-corrected chi connectivity index (χ3v) is 9.12. The van der Waals surface area contributed by atoms with Gasteiger partial charge in [-0.15, -0.1) is 0 Å². The first-order valence-electron chi connectivity index (χ1n) is 9.74. The minimum atomic E-state index is -3.55. The predicted molar refractivity (Wildman–Crippen MR) is 107 cm³/mol. The van der Waals surface area contributed by atoms with Gasteiger partial charge < -0.3 is 5.32 Å². The van der Waals surface area contributed by atoms with Crippen molar-refractivity contribution < 1.29 is 16.8 Å². The van der Waals surface area contributed by atoms with Crippen LogP contribution in [-0.2, 0) is 19.9 Å². The first kappa shape index (κ1) is 20.8. The quantitative estimate of drug-likeness (QED) is 0.667. The fourth-order valence-corrected chi connectivity index (χ4v) is 7.29. The van der Waals surface area contributed by atoms with Crippen molar-refractivity contribution in [1.29, 1.82) is 0 Å². The van der Waals surface area contributed by atoms with Gasteiger partial charge in [0.15, 0.2) is 9.84 Å². The molecule has 1 aliphatic carbocycles. The molecule has 6 nitrogen and oxygen atoms in total. The van der Waals surface area contributed by atoms with E-state index in [0.29, 0.717) is 18.9 Å². The summed E-state index contributed by atoms with van der Waals surface area (Å²) < 4.78 is 50.8. The van der Waals surface area contributed by atoms with E-state index in [2.05, 4.69) is 10.0 Å². The van der Waals surface area contributed by atoms with Crippen molar-refractivity contribution in [2.75, 3.05) is 24.6 Å². The van der Waals surface area contributed by atoms with Gasteiger partial charge in [-0.3, -0.25) is 0 Å². The zero-order valence-corrected chi connectivity index (χ0v) is 17.5. The molecule has 0 bridgehead atoms. The number of nitrogens with one attached hydrogen (secondary N) is 2. The van der Waals surface area contributed by atoms with Gasteiger partial charge in [-0.25, -0.2) is 21.6 Å². The summed E-state index contributed by atoms with van der Waals surface area (Å²) in [5, 5.41) is 3.18. The molecule has 3 rings (SSSR count). The molecular formula is C19H30N2O4S2. The van der Waals surface area contributed by atoms with Gasteiger partial charge in [-0.1, -0.05) is 31.4 Å². The summed E-state index contributed by atoms with van der Waals surface area (Å²) in [6.45, 7) is 2.49. The Hall–Kier alpha value is -0.960. The van der Waals surface area contributed by atoms with Crippen molar-refractivity contribution in [3.8, 4) is 0 Å². The topological polar surface area (TPSA) is 92.3 Å². The smallest absolute Gasteiger partial charge is 0.240 e. The summed E-state index contributed by atoms with van der Waals surface area (Å²) in [7, 11) is -6.53. The van der Waals surface area contributed by atoms with Crippen LogP contribution in [0.25, 0.3) is 0 Å². The van der Waals surface area contributed by atoms with Gasteiger partial charge in [-0.2, -0.15) is 0 Å². The van der Waals surface area contributed by atoms with Crippen molar-refractivity contribution in [2.24, 2.45) is 0 Å². The Bertz CT molecular complexity index is 844. The molecule has 0 radical (unpaired) electrons. The van der Waals surface area contributed by atoms with Crippen LogP contribution in [0.3, 0.4) is 0 Å². The summed E-state index contributed by atoms with van der Waals surface area (Å²) in [6, 6.07) is 7.25. The number of hydrogen-bond donors (Lipinski definition) is 2. The van der Waals surface area contributed by atoms with Crippen molar-refractivity contribution in [1.82, 2.24) is 10.0 Å². The maximum absolute atomic E-state index is 12.5. The highest BCUT2D eigenvalue weighted by Gasteiger charge is 2.37.